The van der Waals surface area contributed by atoms with E-state index < -0.39 is 0 Å². The molecule has 0 saturated heterocycles. The van der Waals surface area contributed by atoms with Crippen LogP contribution in [0.1, 0.15) is 64.2 Å². The normalized spacial score (nSPS) is 13.4. The summed E-state index contributed by atoms with van der Waals surface area (Å²) < 4.78 is 0. The van der Waals surface area contributed by atoms with E-state index in [0.717, 1.165) is 5.92 Å². The standard InChI is InChI=1S/C7H13.C6H11.11Y/c1-7-5-3-2-4-6-7;1-2-4-6-5-3-1;;;;;;;;;;;/h7H,1-6H2;1H,2-6H2;;;;;;;;;;;/q2*-1;;;;;;;;;;;. The molecule has 24 heavy (non-hydrogen) atoms. The first-order valence-electron chi connectivity index (χ1n) is 6.04. The SMILES string of the molecule is [CH-]1CCCCC1.[CH2-]C1CCCCC1.[Y].[Y].[Y].[Y].[Y].[Y].[Y].[Y].[Y].[Y].[Y]. The average Bonchev–Trinajstić information content (AvgIpc) is 2.22. The van der Waals surface area contributed by atoms with Gasteiger partial charge in [-0.05, 0) is 0 Å². The van der Waals surface area contributed by atoms with Crippen LogP contribution in [0.5, 0.6) is 0 Å². The van der Waals surface area contributed by atoms with Gasteiger partial charge in [0.1, 0.15) is 0 Å². The van der Waals surface area contributed by atoms with Gasteiger partial charge >= 0.3 is 0 Å². The van der Waals surface area contributed by atoms with Crippen molar-refractivity contribution in [3.05, 3.63) is 13.3 Å². The van der Waals surface area contributed by atoms with Crippen molar-refractivity contribution in [2.75, 3.05) is 0 Å². The van der Waals surface area contributed by atoms with E-state index in [9.17, 15) is 0 Å². The Hall–Kier alpha value is 12.1. The molecule has 0 atom stereocenters. The molecule has 0 nitrogen and oxygen atoms in total. The van der Waals surface area contributed by atoms with Crippen molar-refractivity contribution in [3.8, 4) is 0 Å². The smallest absolute Gasteiger partial charge is 0 e. The van der Waals surface area contributed by atoms with Crippen molar-refractivity contribution in [2.45, 2.75) is 64.2 Å². The Morgan fingerprint density at radius 1 is 0.458 bits per heavy atom. The topological polar surface area (TPSA) is 0 Å². The van der Waals surface area contributed by atoms with E-state index in [-0.39, 0.29) is 360 Å². The molecule has 2 saturated carbocycles. The molecule has 111 valence electrons. The minimum Gasteiger partial charge on any atom is -0.340 e. The maximum absolute atomic E-state index is 4.00. The molecule has 0 aliphatic heterocycles. The van der Waals surface area contributed by atoms with Crippen LogP contribution < -0.4 is 0 Å². The second-order valence-corrected chi connectivity index (χ2v) is 4.43. The van der Waals surface area contributed by atoms with Gasteiger partial charge < -0.3 is 13.3 Å². The summed E-state index contributed by atoms with van der Waals surface area (Å²) in [7, 11) is 0. The molecule has 0 aromatic heterocycles. The zero-order valence-corrected chi connectivity index (χ0v) is 46.5. The van der Waals surface area contributed by atoms with Crippen LogP contribution in [-0.4, -0.2) is 0 Å². The molecule has 0 aromatic carbocycles. The van der Waals surface area contributed by atoms with Gasteiger partial charge in [0, 0.05) is 360 Å². The molecule has 0 amide bonds. The summed E-state index contributed by atoms with van der Waals surface area (Å²) in [6.45, 7) is 4.00. The van der Waals surface area contributed by atoms with Gasteiger partial charge in [-0.1, -0.05) is 51.4 Å². The molecule has 2 fully saturated rings. The Labute approximate surface area is 429 Å². The van der Waals surface area contributed by atoms with Crippen LogP contribution in [0.4, 0.5) is 0 Å². The number of hydrogen-bond donors (Lipinski definition) is 0. The fourth-order valence-corrected chi connectivity index (χ4v) is 2.09. The Morgan fingerprint density at radius 3 is 0.875 bits per heavy atom. The summed E-state index contributed by atoms with van der Waals surface area (Å²) in [5.74, 6) is 0.786. The summed E-state index contributed by atoms with van der Waals surface area (Å²) in [6.07, 6.45) is 16.5. The summed E-state index contributed by atoms with van der Waals surface area (Å²) >= 11 is 0. The summed E-state index contributed by atoms with van der Waals surface area (Å²) in [5.41, 5.74) is 0. The van der Waals surface area contributed by atoms with Gasteiger partial charge in [-0.2, -0.15) is 18.8 Å². The first kappa shape index (κ1) is 70.6. The molecule has 0 unspecified atom stereocenters. The van der Waals surface area contributed by atoms with E-state index in [0.29, 0.717) is 0 Å². The summed E-state index contributed by atoms with van der Waals surface area (Å²) in [4.78, 5) is 0. The molecule has 2 aliphatic carbocycles. The van der Waals surface area contributed by atoms with Crippen LogP contribution in [0.2, 0.25) is 0 Å². The molecule has 0 aromatic rings. The van der Waals surface area contributed by atoms with Gasteiger partial charge in [-0.15, -0.1) is 0 Å². The molecular formula is C13H24Y11-2. The fraction of sp³-hybridized carbons (Fsp3) is 0.846. The largest absolute Gasteiger partial charge is 0.340 e. The summed E-state index contributed by atoms with van der Waals surface area (Å²) in [6, 6.07) is 0. The van der Waals surface area contributed by atoms with Gasteiger partial charge in [-0.25, -0.2) is 0 Å². The molecule has 2 aliphatic rings. The molecule has 2 rings (SSSR count). The minimum atomic E-state index is 0. The van der Waals surface area contributed by atoms with E-state index in [2.05, 4.69) is 13.3 Å². The van der Waals surface area contributed by atoms with Crippen LogP contribution >= 0.6 is 0 Å². The number of rotatable bonds is 0. The van der Waals surface area contributed by atoms with Gasteiger partial charge in [0.05, 0.1) is 0 Å². The Balaban J connectivity index is -0.0000000108. The first-order chi connectivity index (χ1) is 6.39. The molecule has 0 N–H and O–H groups in total. The zero-order chi connectivity index (χ0) is 9.36. The van der Waals surface area contributed by atoms with E-state index in [1.54, 1.807) is 0 Å². The van der Waals surface area contributed by atoms with Gasteiger partial charge in [0.15, 0.2) is 0 Å². The van der Waals surface area contributed by atoms with Crippen molar-refractivity contribution in [1.82, 2.24) is 0 Å². The maximum atomic E-state index is 4.00. The van der Waals surface area contributed by atoms with Gasteiger partial charge in [0.25, 0.3) is 0 Å². The second-order valence-electron chi connectivity index (χ2n) is 4.43. The van der Waals surface area contributed by atoms with Crippen molar-refractivity contribution >= 4 is 0 Å². The van der Waals surface area contributed by atoms with Crippen molar-refractivity contribution in [3.63, 3.8) is 0 Å². The van der Waals surface area contributed by atoms with Crippen molar-refractivity contribution in [1.29, 1.82) is 0 Å². The predicted molar refractivity (Wildman–Crippen MR) is 59.3 cm³/mol. The van der Waals surface area contributed by atoms with E-state index in [4.69, 9.17) is 0 Å². The predicted octanol–water partition coefficient (Wildman–Crippen LogP) is 4.53. The minimum absolute atomic E-state index is 0. The molecular weight excluding hydrogens is 1130 g/mol. The average molecular weight is 1160 g/mol. The van der Waals surface area contributed by atoms with E-state index in [1.807, 2.05) is 0 Å². The van der Waals surface area contributed by atoms with Crippen molar-refractivity contribution < 1.29 is 360 Å². The van der Waals surface area contributed by atoms with E-state index in [1.165, 1.54) is 64.2 Å². The third-order valence-corrected chi connectivity index (χ3v) is 3.04. The molecule has 11 radical (unpaired) electrons. The molecule has 0 bridgehead atoms. The molecule has 11 heteroatoms. The Bertz CT molecular complexity index is 109. The number of hydrogen-bond acceptors (Lipinski definition) is 0. The molecule has 0 spiro atoms. The maximum Gasteiger partial charge on any atom is 0 e. The third kappa shape index (κ3) is 54.9. The fourth-order valence-electron chi connectivity index (χ4n) is 2.09. The Morgan fingerprint density at radius 2 is 0.750 bits per heavy atom. The van der Waals surface area contributed by atoms with E-state index >= 15 is 0 Å². The van der Waals surface area contributed by atoms with Crippen LogP contribution in [-0.2, 0) is 360 Å². The quantitative estimate of drug-likeness (QED) is 0.314. The van der Waals surface area contributed by atoms with Crippen LogP contribution in [0.25, 0.3) is 0 Å². The second kappa shape index (κ2) is 59.9. The summed E-state index contributed by atoms with van der Waals surface area (Å²) in [5, 5.41) is 0. The Kier molecular flexibility index (Phi) is 176. The third-order valence-electron chi connectivity index (χ3n) is 3.04. The van der Waals surface area contributed by atoms with Gasteiger partial charge in [0.2, 0.25) is 0 Å². The van der Waals surface area contributed by atoms with Crippen LogP contribution in [0, 0.1) is 19.3 Å². The van der Waals surface area contributed by atoms with Crippen molar-refractivity contribution in [2.24, 2.45) is 5.92 Å². The zero-order valence-electron chi connectivity index (χ0n) is 15.3. The van der Waals surface area contributed by atoms with Gasteiger partial charge in [-0.3, -0.25) is 0 Å². The molecule has 0 heterocycles. The monoisotopic (exact) mass is 1160 g/mol. The first-order valence-corrected chi connectivity index (χ1v) is 6.04. The van der Waals surface area contributed by atoms with Crippen LogP contribution in [0.3, 0.4) is 0 Å². The van der Waals surface area contributed by atoms with Crippen LogP contribution in [0.15, 0.2) is 0 Å².